The largest absolute Gasteiger partial charge is 0.411 e. The van der Waals surface area contributed by atoms with Crippen LogP contribution in [-0.4, -0.2) is 20.7 Å². The number of oxime groups is 1. The molecule has 1 aromatic heterocycles. The molecule has 0 spiro atoms. The lowest BCUT2D eigenvalue weighted by Crippen LogP contribution is -2.26. The Bertz CT molecular complexity index is 427. The van der Waals surface area contributed by atoms with Gasteiger partial charge in [-0.25, -0.2) is 4.68 Å². The molecule has 5 nitrogen and oxygen atoms in total. The second-order valence-electron chi connectivity index (χ2n) is 2.60. The van der Waals surface area contributed by atoms with Crippen molar-refractivity contribution in [2.24, 2.45) is 5.16 Å². The molecule has 0 saturated heterocycles. The molecule has 0 aliphatic carbocycles. The van der Waals surface area contributed by atoms with Gasteiger partial charge in [-0.05, 0) is 38.8 Å². The smallest absolute Gasteiger partial charge is 0.282 e. The molecule has 1 N–H and O–H groups in total. The minimum atomic E-state index is -0.276. The zero-order valence-corrected chi connectivity index (χ0v) is 10.4. The third-order valence-electron chi connectivity index (χ3n) is 1.49. The summed E-state index contributed by atoms with van der Waals surface area (Å²) in [4.78, 5) is 11.5. The molecule has 0 amide bonds. The summed E-state index contributed by atoms with van der Waals surface area (Å²) in [7, 11) is 0. The van der Waals surface area contributed by atoms with Crippen LogP contribution in [0.25, 0.3) is 0 Å². The molecule has 1 rings (SSSR count). The Balaban J connectivity index is 3.13. The summed E-state index contributed by atoms with van der Waals surface area (Å²) in [6, 6.07) is 0. The standard InChI is InChI=1S/C7H7Br2N3O2/c1-4(11-14)3-12-7(13)6(9)5(8)2-10-12/h2,14H,3H2,1H3/b11-4-. The van der Waals surface area contributed by atoms with E-state index >= 15 is 0 Å². The summed E-state index contributed by atoms with van der Waals surface area (Å²) in [6.45, 7) is 1.77. The van der Waals surface area contributed by atoms with E-state index in [0.717, 1.165) is 0 Å². The van der Waals surface area contributed by atoms with Crippen molar-refractivity contribution < 1.29 is 5.21 Å². The number of nitrogens with zero attached hydrogens (tertiary/aromatic N) is 3. The summed E-state index contributed by atoms with van der Waals surface area (Å²) >= 11 is 6.28. The van der Waals surface area contributed by atoms with Gasteiger partial charge in [-0.2, -0.15) is 5.10 Å². The van der Waals surface area contributed by atoms with Crippen molar-refractivity contribution in [1.82, 2.24) is 9.78 Å². The quantitative estimate of drug-likeness (QED) is 0.510. The first-order chi connectivity index (χ1) is 6.56. The Morgan fingerprint density at radius 2 is 2.36 bits per heavy atom. The fourth-order valence-corrected chi connectivity index (χ4v) is 1.37. The molecule has 1 aromatic rings. The van der Waals surface area contributed by atoms with Gasteiger partial charge >= 0.3 is 0 Å². The van der Waals surface area contributed by atoms with Gasteiger partial charge in [0.2, 0.25) is 0 Å². The maximum Gasteiger partial charge on any atom is 0.282 e. The molecule has 0 aliphatic heterocycles. The Morgan fingerprint density at radius 3 is 2.93 bits per heavy atom. The predicted octanol–water partition coefficient (Wildman–Crippen LogP) is 1.62. The van der Waals surface area contributed by atoms with E-state index < -0.39 is 0 Å². The first kappa shape index (κ1) is 11.4. The maximum atomic E-state index is 11.5. The van der Waals surface area contributed by atoms with Crippen LogP contribution < -0.4 is 5.56 Å². The first-order valence-corrected chi connectivity index (χ1v) is 5.23. The molecule has 0 fully saturated rings. The highest BCUT2D eigenvalue weighted by Gasteiger charge is 2.06. The topological polar surface area (TPSA) is 67.5 Å². The minimum Gasteiger partial charge on any atom is -0.411 e. The van der Waals surface area contributed by atoms with Crippen molar-refractivity contribution in [2.75, 3.05) is 0 Å². The molecule has 0 unspecified atom stereocenters. The Labute approximate surface area is 96.7 Å². The molecule has 0 atom stereocenters. The summed E-state index contributed by atoms with van der Waals surface area (Å²) in [5.41, 5.74) is 0.135. The fraction of sp³-hybridized carbons (Fsp3) is 0.286. The Hall–Kier alpha value is -0.690. The van der Waals surface area contributed by atoms with E-state index in [1.807, 2.05) is 0 Å². The summed E-state index contributed by atoms with van der Waals surface area (Å²) in [5, 5.41) is 15.3. The van der Waals surface area contributed by atoms with Gasteiger partial charge in [0.15, 0.2) is 0 Å². The van der Waals surface area contributed by atoms with Crippen molar-refractivity contribution in [1.29, 1.82) is 0 Å². The van der Waals surface area contributed by atoms with Gasteiger partial charge in [0.05, 0.1) is 22.9 Å². The molecule has 0 radical (unpaired) electrons. The van der Waals surface area contributed by atoms with Crippen molar-refractivity contribution >= 4 is 37.6 Å². The van der Waals surface area contributed by atoms with Crippen LogP contribution in [0.2, 0.25) is 0 Å². The van der Waals surface area contributed by atoms with Crippen molar-refractivity contribution in [3.8, 4) is 0 Å². The van der Waals surface area contributed by atoms with Crippen LogP contribution in [0.15, 0.2) is 25.1 Å². The van der Waals surface area contributed by atoms with Gasteiger partial charge in [0, 0.05) is 0 Å². The van der Waals surface area contributed by atoms with Crippen LogP contribution in [0.5, 0.6) is 0 Å². The predicted molar refractivity (Wildman–Crippen MR) is 58.8 cm³/mol. The third kappa shape index (κ3) is 2.42. The molecule has 0 saturated carbocycles. The number of rotatable bonds is 2. The van der Waals surface area contributed by atoms with Crippen LogP contribution >= 0.6 is 31.9 Å². The number of aromatic nitrogens is 2. The second-order valence-corrected chi connectivity index (χ2v) is 4.25. The van der Waals surface area contributed by atoms with E-state index in [-0.39, 0.29) is 12.1 Å². The highest BCUT2D eigenvalue weighted by atomic mass is 79.9. The zero-order chi connectivity index (χ0) is 10.7. The first-order valence-electron chi connectivity index (χ1n) is 3.65. The van der Waals surface area contributed by atoms with E-state index in [2.05, 4.69) is 42.1 Å². The number of halogens is 2. The van der Waals surface area contributed by atoms with E-state index in [1.165, 1.54) is 10.9 Å². The SMILES string of the molecule is C/C(Cn1ncc(Br)c(Br)c1=O)=N/O. The van der Waals surface area contributed by atoms with Crippen molar-refractivity contribution in [3.05, 3.63) is 25.5 Å². The van der Waals surface area contributed by atoms with Crippen LogP contribution in [0.4, 0.5) is 0 Å². The molecule has 14 heavy (non-hydrogen) atoms. The molecular formula is C7H7Br2N3O2. The van der Waals surface area contributed by atoms with Gasteiger partial charge in [-0.3, -0.25) is 4.79 Å². The highest BCUT2D eigenvalue weighted by Crippen LogP contribution is 2.16. The van der Waals surface area contributed by atoms with E-state index in [9.17, 15) is 4.79 Å². The van der Waals surface area contributed by atoms with Crippen LogP contribution in [0, 0.1) is 0 Å². The van der Waals surface area contributed by atoms with Gasteiger partial charge in [0.25, 0.3) is 5.56 Å². The average molecular weight is 325 g/mol. The molecule has 1 heterocycles. The number of hydrogen-bond donors (Lipinski definition) is 1. The second kappa shape index (κ2) is 4.70. The van der Waals surface area contributed by atoms with Crippen LogP contribution in [-0.2, 0) is 6.54 Å². The Morgan fingerprint density at radius 1 is 1.71 bits per heavy atom. The van der Waals surface area contributed by atoms with Gasteiger partial charge < -0.3 is 5.21 Å². The lowest BCUT2D eigenvalue weighted by Gasteiger charge is -2.03. The average Bonchev–Trinajstić information content (AvgIpc) is 2.19. The molecular weight excluding hydrogens is 318 g/mol. The van der Waals surface area contributed by atoms with Gasteiger partial charge in [0.1, 0.15) is 4.47 Å². The van der Waals surface area contributed by atoms with Gasteiger partial charge in [-0.1, -0.05) is 5.16 Å². The lowest BCUT2D eigenvalue weighted by atomic mass is 10.4. The molecule has 7 heteroatoms. The third-order valence-corrected chi connectivity index (χ3v) is 3.39. The van der Waals surface area contributed by atoms with Crippen LogP contribution in [0.3, 0.4) is 0 Å². The van der Waals surface area contributed by atoms with E-state index in [0.29, 0.717) is 14.7 Å². The molecule has 0 aromatic carbocycles. The maximum absolute atomic E-state index is 11.5. The highest BCUT2D eigenvalue weighted by molar-refractivity contribution is 9.13. The molecule has 76 valence electrons. The summed E-state index contributed by atoms with van der Waals surface area (Å²) in [5.74, 6) is 0. The molecule has 0 bridgehead atoms. The van der Waals surface area contributed by atoms with Gasteiger partial charge in [-0.15, -0.1) is 0 Å². The Kier molecular flexibility index (Phi) is 3.82. The van der Waals surface area contributed by atoms with E-state index in [1.54, 1.807) is 6.92 Å². The minimum absolute atomic E-state index is 0.168. The summed E-state index contributed by atoms with van der Waals surface area (Å²) < 4.78 is 2.19. The lowest BCUT2D eigenvalue weighted by molar-refractivity contribution is 0.316. The molecule has 0 aliphatic rings. The van der Waals surface area contributed by atoms with Crippen molar-refractivity contribution in [3.63, 3.8) is 0 Å². The monoisotopic (exact) mass is 323 g/mol. The normalized spacial score (nSPS) is 11.8. The summed E-state index contributed by atoms with van der Waals surface area (Å²) in [6.07, 6.45) is 1.50. The van der Waals surface area contributed by atoms with Crippen molar-refractivity contribution in [2.45, 2.75) is 13.5 Å². The number of hydrogen-bond acceptors (Lipinski definition) is 4. The fourth-order valence-electron chi connectivity index (χ4n) is 0.806. The van der Waals surface area contributed by atoms with Crippen LogP contribution in [0.1, 0.15) is 6.92 Å². The zero-order valence-electron chi connectivity index (χ0n) is 7.24. The van der Waals surface area contributed by atoms with E-state index in [4.69, 9.17) is 5.21 Å².